The normalized spacial score (nSPS) is 18.4. The molecule has 0 radical (unpaired) electrons. The zero-order chi connectivity index (χ0) is 41.2. The van der Waals surface area contributed by atoms with E-state index >= 15 is 0 Å². The van der Waals surface area contributed by atoms with Gasteiger partial charge in [0.05, 0.1) is 30.7 Å². The standard InChI is InChI=1S/C37H71N4O11P/c1-33(2,3)48-30(44)25-38-16-18-40(27-53(47,51-36(10,11)12)52-37(13,14)15)19-17-39(26-31(45)49-34(4,5)6)21-23-41(22-20-38)28(24-29(42)43)32(46)50-35(7,8)9/h28H,16-27H2,1-15H3,(H,42,43). The smallest absolute Gasteiger partial charge is 0.345 e. The lowest BCUT2D eigenvalue weighted by Crippen LogP contribution is -2.53. The first kappa shape index (κ1) is 48.9. The molecule has 310 valence electrons. The van der Waals surface area contributed by atoms with Gasteiger partial charge in [0.1, 0.15) is 29.1 Å². The average molecular weight is 779 g/mol. The van der Waals surface area contributed by atoms with E-state index in [0.29, 0.717) is 26.2 Å². The predicted octanol–water partition coefficient (Wildman–Crippen LogP) is 4.86. The van der Waals surface area contributed by atoms with Crippen LogP contribution in [0.3, 0.4) is 0 Å². The molecule has 1 unspecified atom stereocenters. The number of ether oxygens (including phenoxy) is 3. The van der Waals surface area contributed by atoms with Gasteiger partial charge in [-0.1, -0.05) is 0 Å². The van der Waals surface area contributed by atoms with E-state index in [1.165, 1.54) is 0 Å². The van der Waals surface area contributed by atoms with Gasteiger partial charge in [-0.05, 0) is 104 Å². The second kappa shape index (κ2) is 19.6. The second-order valence-corrected chi connectivity index (χ2v) is 20.6. The Morgan fingerprint density at radius 3 is 1.21 bits per heavy atom. The summed E-state index contributed by atoms with van der Waals surface area (Å²) >= 11 is 0. The first-order chi connectivity index (χ1) is 23.7. The number of rotatable bonds is 12. The van der Waals surface area contributed by atoms with Crippen LogP contribution in [0.5, 0.6) is 0 Å². The summed E-state index contributed by atoms with van der Waals surface area (Å²) in [7, 11) is -3.73. The van der Waals surface area contributed by atoms with Crippen LogP contribution in [0.25, 0.3) is 0 Å². The number of hydrogen-bond donors (Lipinski definition) is 1. The van der Waals surface area contributed by atoms with Crippen LogP contribution in [0.15, 0.2) is 0 Å². The van der Waals surface area contributed by atoms with Crippen LogP contribution < -0.4 is 0 Å². The molecule has 0 aromatic carbocycles. The van der Waals surface area contributed by atoms with E-state index in [-0.39, 0.29) is 45.6 Å². The summed E-state index contributed by atoms with van der Waals surface area (Å²) in [5.41, 5.74) is -3.85. The molecule has 1 rings (SSSR count). The zero-order valence-electron chi connectivity index (χ0n) is 35.3. The third-order valence-corrected chi connectivity index (χ3v) is 9.50. The van der Waals surface area contributed by atoms with Gasteiger partial charge in [-0.15, -0.1) is 0 Å². The van der Waals surface area contributed by atoms with Crippen LogP contribution in [0, 0.1) is 0 Å². The Morgan fingerprint density at radius 1 is 0.547 bits per heavy atom. The molecule has 1 saturated heterocycles. The van der Waals surface area contributed by atoms with Crippen molar-refractivity contribution in [1.29, 1.82) is 0 Å². The molecule has 0 amide bonds. The Hall–Kier alpha value is -2.13. The number of aliphatic carboxylic acids is 1. The first-order valence-electron chi connectivity index (χ1n) is 18.5. The van der Waals surface area contributed by atoms with Crippen molar-refractivity contribution >= 4 is 31.5 Å². The summed E-state index contributed by atoms with van der Waals surface area (Å²) in [4.78, 5) is 59.3. The third-order valence-electron chi connectivity index (χ3n) is 7.10. The Labute approximate surface area is 318 Å². The summed E-state index contributed by atoms with van der Waals surface area (Å²) in [5, 5.41) is 9.87. The van der Waals surface area contributed by atoms with Gasteiger partial charge in [0, 0.05) is 52.4 Å². The van der Waals surface area contributed by atoms with Crippen LogP contribution in [-0.4, -0.2) is 154 Å². The minimum Gasteiger partial charge on any atom is -0.481 e. The van der Waals surface area contributed by atoms with Gasteiger partial charge >= 0.3 is 31.5 Å². The molecule has 0 saturated carbocycles. The molecule has 53 heavy (non-hydrogen) atoms. The van der Waals surface area contributed by atoms with Gasteiger partial charge < -0.3 is 28.4 Å². The maximum absolute atomic E-state index is 14.4. The molecular weight excluding hydrogens is 707 g/mol. The van der Waals surface area contributed by atoms with Gasteiger partial charge in [0.2, 0.25) is 0 Å². The Bertz CT molecular complexity index is 1190. The average Bonchev–Trinajstić information content (AvgIpc) is 2.86. The van der Waals surface area contributed by atoms with Crippen LogP contribution in [-0.2, 0) is 47.0 Å². The summed E-state index contributed by atoms with van der Waals surface area (Å²) in [6.07, 6.45) is -0.550. The van der Waals surface area contributed by atoms with Crippen LogP contribution >= 0.6 is 7.60 Å². The van der Waals surface area contributed by atoms with E-state index in [1.54, 1.807) is 67.2 Å². The van der Waals surface area contributed by atoms with E-state index in [4.69, 9.17) is 23.3 Å². The lowest BCUT2D eigenvalue weighted by molar-refractivity contribution is -0.165. The fraction of sp³-hybridized carbons (Fsp3) is 0.892. The Balaban J connectivity index is 3.68. The molecule has 1 N–H and O–H groups in total. The van der Waals surface area contributed by atoms with E-state index in [2.05, 4.69) is 0 Å². The lowest BCUT2D eigenvalue weighted by Gasteiger charge is -2.38. The highest BCUT2D eigenvalue weighted by molar-refractivity contribution is 7.53. The van der Waals surface area contributed by atoms with Gasteiger partial charge in [0.25, 0.3) is 0 Å². The molecule has 16 heteroatoms. The fourth-order valence-electron chi connectivity index (χ4n) is 5.49. The van der Waals surface area contributed by atoms with Gasteiger partial charge in [-0.25, -0.2) is 0 Å². The van der Waals surface area contributed by atoms with Crippen molar-refractivity contribution in [3.8, 4) is 0 Å². The summed E-state index contributed by atoms with van der Waals surface area (Å²) in [6, 6.07) is -1.13. The predicted molar refractivity (Wildman–Crippen MR) is 204 cm³/mol. The maximum atomic E-state index is 14.4. The largest absolute Gasteiger partial charge is 0.481 e. The number of carbonyl (C=O) groups excluding carboxylic acids is 3. The summed E-state index contributed by atoms with van der Waals surface area (Å²) in [6.45, 7) is 28.8. The van der Waals surface area contributed by atoms with E-state index in [0.717, 1.165) is 0 Å². The minimum absolute atomic E-state index is 0.0481. The third kappa shape index (κ3) is 23.4. The Morgan fingerprint density at radius 2 is 0.887 bits per heavy atom. The molecule has 0 aromatic rings. The highest BCUT2D eigenvalue weighted by Gasteiger charge is 2.38. The van der Waals surface area contributed by atoms with E-state index in [1.807, 2.05) is 56.2 Å². The van der Waals surface area contributed by atoms with Crippen molar-refractivity contribution < 1.29 is 52.1 Å². The minimum atomic E-state index is -3.73. The maximum Gasteiger partial charge on any atom is 0.345 e. The quantitative estimate of drug-likeness (QED) is 0.162. The molecule has 1 aliphatic heterocycles. The zero-order valence-corrected chi connectivity index (χ0v) is 36.2. The summed E-state index contributed by atoms with van der Waals surface area (Å²) in [5.74, 6) is -2.74. The summed E-state index contributed by atoms with van der Waals surface area (Å²) < 4.78 is 43.6. The highest BCUT2D eigenvalue weighted by atomic mass is 31.2. The molecule has 0 spiro atoms. The molecule has 1 heterocycles. The van der Waals surface area contributed by atoms with Crippen molar-refractivity contribution in [2.45, 2.75) is 144 Å². The number of carboxylic acids is 1. The first-order valence-corrected chi connectivity index (χ1v) is 20.3. The molecule has 0 aromatic heterocycles. The van der Waals surface area contributed by atoms with E-state index < -0.39 is 71.9 Å². The molecule has 1 atom stereocenters. The van der Waals surface area contributed by atoms with Gasteiger partial charge in [-0.3, -0.25) is 43.3 Å². The topological polar surface area (TPSA) is 165 Å². The molecular formula is C37H71N4O11P. The highest BCUT2D eigenvalue weighted by Crippen LogP contribution is 2.54. The SMILES string of the molecule is CC(C)(C)OC(=O)CN1CCN(CP(=O)(OC(C)(C)C)OC(C)(C)C)CCN(CC(=O)OC(C)(C)C)CCN(C(CC(=O)O)C(=O)OC(C)(C)C)CC1. The fourth-order valence-corrected chi connectivity index (χ4v) is 8.08. The monoisotopic (exact) mass is 778 g/mol. The van der Waals surface area contributed by atoms with Crippen LogP contribution in [0.4, 0.5) is 0 Å². The molecule has 15 nitrogen and oxygen atoms in total. The second-order valence-electron chi connectivity index (χ2n) is 18.7. The van der Waals surface area contributed by atoms with Gasteiger partial charge in [0.15, 0.2) is 0 Å². The number of carbonyl (C=O) groups is 4. The number of hydrogen-bond acceptors (Lipinski definition) is 14. The molecule has 1 aliphatic rings. The van der Waals surface area contributed by atoms with Crippen molar-refractivity contribution in [2.24, 2.45) is 0 Å². The van der Waals surface area contributed by atoms with Crippen molar-refractivity contribution in [2.75, 3.05) is 71.7 Å². The molecule has 1 fully saturated rings. The Kier molecular flexibility index (Phi) is 18.1. The molecule has 0 aliphatic carbocycles. The number of nitrogens with zero attached hydrogens (tertiary/aromatic N) is 4. The lowest BCUT2D eigenvalue weighted by atomic mass is 10.1. The molecule has 0 bridgehead atoms. The van der Waals surface area contributed by atoms with Gasteiger partial charge in [-0.2, -0.15) is 0 Å². The van der Waals surface area contributed by atoms with Crippen molar-refractivity contribution in [3.05, 3.63) is 0 Å². The number of carboxylic acid groups (broad SMARTS) is 1. The van der Waals surface area contributed by atoms with Crippen molar-refractivity contribution in [3.63, 3.8) is 0 Å². The van der Waals surface area contributed by atoms with Crippen LogP contribution in [0.2, 0.25) is 0 Å². The van der Waals surface area contributed by atoms with E-state index in [9.17, 15) is 28.8 Å². The number of esters is 3. The van der Waals surface area contributed by atoms with Crippen LogP contribution in [0.1, 0.15) is 110 Å². The van der Waals surface area contributed by atoms with Crippen molar-refractivity contribution in [1.82, 2.24) is 19.6 Å².